The Labute approximate surface area is 199 Å². The third-order valence-corrected chi connectivity index (χ3v) is 7.70. The lowest BCUT2D eigenvalue weighted by molar-refractivity contribution is -0.155. The summed E-state index contributed by atoms with van der Waals surface area (Å²) < 4.78 is 5.05. The fourth-order valence-electron chi connectivity index (χ4n) is 4.52. The van der Waals surface area contributed by atoms with Gasteiger partial charge in [0, 0.05) is 17.7 Å². The predicted octanol–water partition coefficient (Wildman–Crippen LogP) is 3.20. The first-order valence-corrected chi connectivity index (χ1v) is 12.3. The minimum Gasteiger partial charge on any atom is -0.452 e. The topological polar surface area (TPSA) is 75.7 Å². The molecule has 2 saturated heterocycles. The Balaban J connectivity index is 1.38. The smallest absolute Gasteiger partial charge is 0.310 e. The molecule has 33 heavy (non-hydrogen) atoms. The zero-order valence-electron chi connectivity index (χ0n) is 19.0. The van der Waals surface area contributed by atoms with Gasteiger partial charge in [-0.3, -0.25) is 14.4 Å². The zero-order chi connectivity index (χ0) is 23.4. The van der Waals surface area contributed by atoms with Gasteiger partial charge in [0.2, 0.25) is 5.91 Å². The first kappa shape index (κ1) is 23.4. The first-order chi connectivity index (χ1) is 15.8. The summed E-state index contributed by atoms with van der Waals surface area (Å²) in [5.74, 6) is -0.727. The van der Waals surface area contributed by atoms with Crippen molar-refractivity contribution in [1.82, 2.24) is 10.2 Å². The number of thioether (sulfide) groups is 1. The minimum absolute atomic E-state index is 0.167. The van der Waals surface area contributed by atoms with Gasteiger partial charge in [-0.25, -0.2) is 0 Å². The Kier molecular flexibility index (Phi) is 7.08. The standard InChI is InChI=1S/C26H30N2O4S/c1-26(2)22(23(29)27-14-13-18-9-5-3-6-10-18)28(17-33-26)24(30)21-16-20(25(31)32-21)15-19-11-7-4-8-12-19/h3-12,20-22H,13-17H2,1-2H3,(H,27,29)/t20-,21+,22-/m1/s1. The van der Waals surface area contributed by atoms with Gasteiger partial charge in [-0.15, -0.1) is 11.8 Å². The summed E-state index contributed by atoms with van der Waals surface area (Å²) >= 11 is 1.57. The Morgan fingerprint density at radius 1 is 1.06 bits per heavy atom. The molecule has 0 spiro atoms. The maximum absolute atomic E-state index is 13.3. The van der Waals surface area contributed by atoms with Crippen molar-refractivity contribution in [2.24, 2.45) is 5.92 Å². The normalized spacial score (nSPS) is 23.9. The largest absolute Gasteiger partial charge is 0.452 e. The second-order valence-electron chi connectivity index (χ2n) is 9.16. The molecule has 0 bridgehead atoms. The van der Waals surface area contributed by atoms with Gasteiger partial charge in [0.1, 0.15) is 6.04 Å². The highest BCUT2D eigenvalue weighted by Crippen LogP contribution is 2.40. The second-order valence-corrected chi connectivity index (χ2v) is 10.8. The van der Waals surface area contributed by atoms with Crippen LogP contribution in [0.3, 0.4) is 0 Å². The molecule has 2 aliphatic heterocycles. The molecule has 174 valence electrons. The summed E-state index contributed by atoms with van der Waals surface area (Å²) in [6.07, 6.45) is 0.784. The van der Waals surface area contributed by atoms with Crippen LogP contribution in [-0.4, -0.2) is 52.0 Å². The molecule has 0 aliphatic carbocycles. The molecule has 1 N–H and O–H groups in total. The van der Waals surface area contributed by atoms with Crippen molar-refractivity contribution in [3.8, 4) is 0 Å². The van der Waals surface area contributed by atoms with Gasteiger partial charge < -0.3 is 15.0 Å². The van der Waals surface area contributed by atoms with Crippen LogP contribution in [0.4, 0.5) is 0 Å². The second kappa shape index (κ2) is 10.00. The van der Waals surface area contributed by atoms with Crippen LogP contribution in [0.15, 0.2) is 60.7 Å². The predicted molar refractivity (Wildman–Crippen MR) is 128 cm³/mol. The van der Waals surface area contributed by atoms with E-state index in [4.69, 9.17) is 4.74 Å². The van der Waals surface area contributed by atoms with Crippen LogP contribution in [-0.2, 0) is 32.0 Å². The first-order valence-electron chi connectivity index (χ1n) is 11.4. The Morgan fingerprint density at radius 2 is 1.70 bits per heavy atom. The molecule has 2 aromatic rings. The number of benzene rings is 2. The van der Waals surface area contributed by atoms with Gasteiger partial charge in [-0.05, 0) is 37.8 Å². The summed E-state index contributed by atoms with van der Waals surface area (Å²) in [5, 5.41) is 3.00. The summed E-state index contributed by atoms with van der Waals surface area (Å²) in [5.41, 5.74) is 2.19. The third kappa shape index (κ3) is 5.41. The van der Waals surface area contributed by atoms with Gasteiger partial charge in [0.05, 0.1) is 11.8 Å². The van der Waals surface area contributed by atoms with Crippen LogP contribution < -0.4 is 5.32 Å². The fraction of sp³-hybridized carbons (Fsp3) is 0.423. The Hall–Kier alpha value is -2.80. The molecule has 2 fully saturated rings. The molecule has 3 atom stereocenters. The van der Waals surface area contributed by atoms with Gasteiger partial charge in [0.25, 0.3) is 5.91 Å². The number of cyclic esters (lactones) is 1. The number of carbonyl (C=O) groups excluding carboxylic acids is 3. The SMILES string of the molecule is CC1(C)SCN(C(=O)[C@@H]2C[C@@H](Cc3ccccc3)C(=O)O2)[C@@H]1C(=O)NCCc1ccccc1. The molecular formula is C26H30N2O4S. The lowest BCUT2D eigenvalue weighted by atomic mass is 9.95. The van der Waals surface area contributed by atoms with Gasteiger partial charge in [-0.1, -0.05) is 60.7 Å². The molecule has 0 radical (unpaired) electrons. The van der Waals surface area contributed by atoms with E-state index in [1.807, 2.05) is 74.5 Å². The van der Waals surface area contributed by atoms with E-state index >= 15 is 0 Å². The lowest BCUT2D eigenvalue weighted by Crippen LogP contribution is -2.55. The van der Waals surface area contributed by atoms with E-state index in [9.17, 15) is 14.4 Å². The van der Waals surface area contributed by atoms with E-state index < -0.39 is 16.9 Å². The molecule has 0 unspecified atom stereocenters. The van der Waals surface area contributed by atoms with Gasteiger partial charge in [0.15, 0.2) is 6.10 Å². The van der Waals surface area contributed by atoms with Crippen LogP contribution in [0, 0.1) is 5.92 Å². The number of carbonyl (C=O) groups is 3. The molecule has 0 saturated carbocycles. The van der Waals surface area contributed by atoms with Gasteiger partial charge >= 0.3 is 5.97 Å². The molecule has 0 aromatic heterocycles. The van der Waals surface area contributed by atoms with Crippen molar-refractivity contribution in [3.63, 3.8) is 0 Å². The van der Waals surface area contributed by atoms with Crippen molar-refractivity contribution in [2.75, 3.05) is 12.4 Å². The van der Waals surface area contributed by atoms with E-state index in [1.54, 1.807) is 16.7 Å². The maximum Gasteiger partial charge on any atom is 0.310 e. The summed E-state index contributed by atoms with van der Waals surface area (Å²) in [6, 6.07) is 19.1. The number of ether oxygens (including phenoxy) is 1. The molecule has 2 aliphatic rings. The summed E-state index contributed by atoms with van der Waals surface area (Å²) in [7, 11) is 0. The summed E-state index contributed by atoms with van der Waals surface area (Å²) in [6.45, 7) is 4.45. The van der Waals surface area contributed by atoms with Crippen LogP contribution in [0.2, 0.25) is 0 Å². The molecular weight excluding hydrogens is 436 g/mol. The van der Waals surface area contributed by atoms with E-state index in [-0.39, 0.29) is 23.7 Å². The van der Waals surface area contributed by atoms with E-state index in [2.05, 4.69) is 5.32 Å². The summed E-state index contributed by atoms with van der Waals surface area (Å²) in [4.78, 5) is 40.5. The Morgan fingerprint density at radius 3 is 2.36 bits per heavy atom. The van der Waals surface area contributed by atoms with Crippen LogP contribution >= 0.6 is 11.8 Å². The van der Waals surface area contributed by atoms with Crippen molar-refractivity contribution in [1.29, 1.82) is 0 Å². The van der Waals surface area contributed by atoms with Crippen molar-refractivity contribution >= 4 is 29.5 Å². The van der Waals surface area contributed by atoms with Crippen molar-refractivity contribution in [2.45, 2.75) is 50.0 Å². The zero-order valence-corrected chi connectivity index (χ0v) is 19.8. The monoisotopic (exact) mass is 466 g/mol. The maximum atomic E-state index is 13.3. The van der Waals surface area contributed by atoms with E-state index in [0.29, 0.717) is 25.3 Å². The molecule has 7 heteroatoms. The molecule has 6 nitrogen and oxygen atoms in total. The minimum atomic E-state index is -0.833. The average Bonchev–Trinajstić information content (AvgIpc) is 3.33. The molecule has 2 heterocycles. The van der Waals surface area contributed by atoms with Crippen LogP contribution in [0.1, 0.15) is 31.4 Å². The van der Waals surface area contributed by atoms with E-state index in [0.717, 1.165) is 17.5 Å². The van der Waals surface area contributed by atoms with Crippen molar-refractivity contribution < 1.29 is 19.1 Å². The highest BCUT2D eigenvalue weighted by atomic mass is 32.2. The molecule has 4 rings (SSSR count). The third-order valence-electron chi connectivity index (χ3n) is 6.32. The Bertz CT molecular complexity index is 996. The number of rotatable bonds is 7. The highest BCUT2D eigenvalue weighted by Gasteiger charge is 2.51. The number of nitrogens with one attached hydrogen (secondary N) is 1. The quantitative estimate of drug-likeness (QED) is 0.635. The fourth-order valence-corrected chi connectivity index (χ4v) is 5.67. The number of hydrogen-bond acceptors (Lipinski definition) is 5. The number of hydrogen-bond donors (Lipinski definition) is 1. The molecule has 2 amide bonds. The number of nitrogens with zero attached hydrogens (tertiary/aromatic N) is 1. The number of esters is 1. The van der Waals surface area contributed by atoms with Crippen LogP contribution in [0.5, 0.6) is 0 Å². The number of amides is 2. The van der Waals surface area contributed by atoms with Gasteiger partial charge in [-0.2, -0.15) is 0 Å². The van der Waals surface area contributed by atoms with Crippen LogP contribution in [0.25, 0.3) is 0 Å². The van der Waals surface area contributed by atoms with Crippen molar-refractivity contribution in [3.05, 3.63) is 71.8 Å². The molecule has 2 aromatic carbocycles. The average molecular weight is 467 g/mol. The highest BCUT2D eigenvalue weighted by molar-refractivity contribution is 8.00. The lowest BCUT2D eigenvalue weighted by Gasteiger charge is -2.31. The van der Waals surface area contributed by atoms with E-state index in [1.165, 1.54) is 0 Å².